The lowest BCUT2D eigenvalue weighted by Crippen LogP contribution is -2.51. The van der Waals surface area contributed by atoms with Gasteiger partial charge in [-0.05, 0) is 207 Å². The average Bonchev–Trinajstić information content (AvgIpc) is 3.33. The molecule has 0 aromatic heterocycles. The van der Waals surface area contributed by atoms with Gasteiger partial charge in [-0.25, -0.2) is 0 Å². The van der Waals surface area contributed by atoms with Gasteiger partial charge in [0.15, 0.2) is 11.6 Å². The Morgan fingerprint density at radius 3 is 1.62 bits per heavy atom. The lowest BCUT2D eigenvalue weighted by Gasteiger charge is -2.53. The van der Waals surface area contributed by atoms with Crippen LogP contribution in [0, 0.1) is 63.6 Å². The molecule has 5 fully saturated rings. The molecule has 10 atom stereocenters. The van der Waals surface area contributed by atoms with Crippen LogP contribution in [0.3, 0.4) is 0 Å². The van der Waals surface area contributed by atoms with Gasteiger partial charge in [-0.2, -0.15) is 0 Å². The molecule has 78 heavy (non-hydrogen) atoms. The summed E-state index contributed by atoms with van der Waals surface area (Å²) < 4.78 is 5.64. The van der Waals surface area contributed by atoms with Gasteiger partial charge in [-0.3, -0.25) is 9.59 Å². The molecule has 12 rings (SSSR count). The van der Waals surface area contributed by atoms with Gasteiger partial charge in [0.05, 0.1) is 13.2 Å². The smallest absolute Gasteiger partial charge is 0.156 e. The Morgan fingerprint density at radius 1 is 0.628 bits per heavy atom. The van der Waals surface area contributed by atoms with E-state index in [9.17, 15) is 19.8 Å². The Kier molecular flexibility index (Phi) is 13.2. The molecule has 4 saturated carbocycles. The van der Waals surface area contributed by atoms with Crippen molar-refractivity contribution in [1.29, 1.82) is 0 Å². The number of carbonyl (C=O) groups excluding carboxylic acids is 2. The zero-order valence-corrected chi connectivity index (χ0v) is 48.3. The van der Waals surface area contributed by atoms with Gasteiger partial charge >= 0.3 is 0 Å². The third-order valence-electron chi connectivity index (χ3n) is 22.2. The van der Waals surface area contributed by atoms with Crippen molar-refractivity contribution >= 4 is 17.3 Å². The van der Waals surface area contributed by atoms with Crippen LogP contribution in [-0.4, -0.2) is 59.8 Å². The topological polar surface area (TPSA) is 87.1 Å². The summed E-state index contributed by atoms with van der Waals surface area (Å²) in [7, 11) is 2.18. The molecule has 1 saturated heterocycles. The second kappa shape index (κ2) is 19.2. The molecule has 1 aliphatic heterocycles. The van der Waals surface area contributed by atoms with Gasteiger partial charge in [0.1, 0.15) is 11.2 Å². The van der Waals surface area contributed by atoms with E-state index in [1.54, 1.807) is 5.57 Å². The van der Waals surface area contributed by atoms with Crippen molar-refractivity contribution < 1.29 is 24.5 Å². The van der Waals surface area contributed by atoms with Crippen LogP contribution in [0.15, 0.2) is 118 Å². The molecule has 8 aliphatic carbocycles. The number of hydrogen-bond donors (Lipinski definition) is 2. The summed E-state index contributed by atoms with van der Waals surface area (Å²) in [5.41, 5.74) is 12.5. The third kappa shape index (κ3) is 8.99. The van der Waals surface area contributed by atoms with Crippen molar-refractivity contribution in [2.75, 3.05) is 31.7 Å². The number of hydrogen-bond acceptors (Lipinski definition) is 6. The highest BCUT2D eigenvalue weighted by atomic mass is 16.5. The van der Waals surface area contributed by atoms with Crippen LogP contribution in [0.4, 0.5) is 5.69 Å². The lowest BCUT2D eigenvalue weighted by atomic mass is 9.51. The molecule has 0 unspecified atom stereocenters. The van der Waals surface area contributed by atoms with Gasteiger partial charge in [0.2, 0.25) is 0 Å². The Balaban J connectivity index is 0.778. The highest BCUT2D eigenvalue weighted by Crippen LogP contribution is 2.68. The zero-order chi connectivity index (χ0) is 54.8. The predicted octanol–water partition coefficient (Wildman–Crippen LogP) is 14.1. The third-order valence-corrected chi connectivity index (χ3v) is 22.2. The van der Waals surface area contributed by atoms with Crippen molar-refractivity contribution in [3.63, 3.8) is 0 Å². The molecule has 1 heterocycles. The van der Waals surface area contributed by atoms with Gasteiger partial charge in [0.25, 0.3) is 0 Å². The number of benzene rings is 3. The summed E-state index contributed by atoms with van der Waals surface area (Å²) in [4.78, 5) is 27.9. The minimum atomic E-state index is -1.11. The van der Waals surface area contributed by atoms with Crippen LogP contribution in [0.1, 0.15) is 191 Å². The fourth-order valence-corrected chi connectivity index (χ4v) is 17.1. The SMILES string of the molecule is CN(CCC(C)(C)C#C[C@]1(O)CC[C@H]2[C@@H]3CCC4=CC(=O)CCC4=C3[C@@H](c3ccc(C4(C)COC4)cc3)C[C@@]21C)c1ccc([C@H]2C[C@@]3(C)[C@@H](CC[C@@]3(O)C#Cc3ccc(C(C)(C)C)cc3)[C@@H]3CCC4=CC(=O)CCC4=C32)cc1. The fourth-order valence-electron chi connectivity index (χ4n) is 17.1. The Hall–Kier alpha value is -5.24. The van der Waals surface area contributed by atoms with Crippen molar-refractivity contribution in [3.8, 4) is 23.7 Å². The first-order valence-corrected chi connectivity index (χ1v) is 30.1. The zero-order valence-electron chi connectivity index (χ0n) is 48.3. The Morgan fingerprint density at radius 2 is 1.13 bits per heavy atom. The normalized spacial score (nSPS) is 33.8. The lowest BCUT2D eigenvalue weighted by molar-refractivity contribution is -0.115. The minimum Gasteiger partial charge on any atom is -0.379 e. The van der Waals surface area contributed by atoms with Crippen LogP contribution in [-0.2, 0) is 25.2 Å². The summed E-state index contributed by atoms with van der Waals surface area (Å²) in [5, 5.41) is 25.9. The molecule has 0 amide bonds. The van der Waals surface area contributed by atoms with E-state index in [2.05, 4.69) is 164 Å². The number of ether oxygens (including phenoxy) is 1. The van der Waals surface area contributed by atoms with E-state index in [1.165, 1.54) is 50.1 Å². The molecule has 6 heteroatoms. The molecule has 0 spiro atoms. The first-order valence-electron chi connectivity index (χ1n) is 30.1. The van der Waals surface area contributed by atoms with Crippen LogP contribution in [0.5, 0.6) is 0 Å². The predicted molar refractivity (Wildman–Crippen MR) is 313 cm³/mol. The summed E-state index contributed by atoms with van der Waals surface area (Å²) >= 11 is 0. The molecule has 9 aliphatic rings. The van der Waals surface area contributed by atoms with Crippen molar-refractivity contribution in [2.24, 2.45) is 39.9 Å². The van der Waals surface area contributed by atoms with E-state index >= 15 is 0 Å². The molecule has 3 aromatic rings. The highest BCUT2D eigenvalue weighted by Gasteiger charge is 2.64. The molecule has 2 N–H and O–H groups in total. The number of carbonyl (C=O) groups is 2. The first kappa shape index (κ1) is 53.4. The molecular weight excluding hydrogens is 959 g/mol. The number of anilines is 1. The minimum absolute atomic E-state index is 0.0611. The quantitative estimate of drug-likeness (QED) is 0.229. The van der Waals surface area contributed by atoms with E-state index < -0.39 is 16.6 Å². The maximum absolute atomic E-state index is 13.0. The molecule has 6 nitrogen and oxygen atoms in total. The number of allylic oxidation sites excluding steroid dienone is 8. The summed E-state index contributed by atoms with van der Waals surface area (Å²) in [6.45, 7) is 20.5. The van der Waals surface area contributed by atoms with Crippen molar-refractivity contribution in [2.45, 2.75) is 186 Å². The maximum atomic E-state index is 13.0. The van der Waals surface area contributed by atoms with Crippen molar-refractivity contribution in [1.82, 2.24) is 0 Å². The standard InChI is InChI=1S/C72H85NO5/c1-66(2,3)51-18-10-46(11-19-51)30-33-71(76)34-31-62-58-26-16-50-41-55(75)25-29-57(50)65(58)61(42-69(62,71)7)48-14-22-53(23-15-48)73(9)39-38-67(4,5)36-37-72(77)35-32-63-59-27-17-49-40-54(74)24-28-56(49)64(59)60(43-70(63,72)8)47-12-20-52(21-13-47)68(6)44-78-45-68/h10-15,18-23,40-41,58-63,76-77H,16-17,24-29,31-32,34-35,38-39,42-45H2,1-9H3/t58-,59-,60+,61+,62-,63-,69-,70-,71-,72+/m0/s1. The van der Waals surface area contributed by atoms with E-state index in [-0.39, 0.29) is 45.1 Å². The number of rotatable bonds is 7. The van der Waals surface area contributed by atoms with E-state index in [0.717, 1.165) is 102 Å². The van der Waals surface area contributed by atoms with Crippen molar-refractivity contribution in [3.05, 3.63) is 146 Å². The number of nitrogens with zero attached hydrogens (tertiary/aromatic N) is 1. The molecule has 3 aromatic carbocycles. The molecule has 408 valence electrons. The van der Waals surface area contributed by atoms with E-state index in [4.69, 9.17) is 4.74 Å². The Bertz CT molecular complexity index is 3190. The summed E-state index contributed by atoms with van der Waals surface area (Å²) in [5.74, 6) is 16.5. The summed E-state index contributed by atoms with van der Waals surface area (Å²) in [6.07, 6.45) is 16.4. The van der Waals surface area contributed by atoms with Gasteiger partial charge in [-0.1, -0.05) is 125 Å². The number of aliphatic hydroxyl groups is 2. The average molecular weight is 1040 g/mol. The van der Waals surface area contributed by atoms with Gasteiger partial charge < -0.3 is 19.8 Å². The molecular formula is C72H85NO5. The van der Waals surface area contributed by atoms with Crippen LogP contribution in [0.25, 0.3) is 0 Å². The molecule has 0 radical (unpaired) electrons. The van der Waals surface area contributed by atoms with Crippen LogP contribution >= 0.6 is 0 Å². The molecule has 0 bridgehead atoms. The monoisotopic (exact) mass is 1040 g/mol. The highest BCUT2D eigenvalue weighted by molar-refractivity contribution is 5.93. The van der Waals surface area contributed by atoms with Gasteiger partial charge in [-0.15, -0.1) is 0 Å². The Labute approximate surface area is 466 Å². The second-order valence-electron chi connectivity index (χ2n) is 28.4. The van der Waals surface area contributed by atoms with E-state index in [1.807, 2.05) is 12.2 Å². The number of fused-ring (bicyclic) bond motifs is 8. The second-order valence-corrected chi connectivity index (χ2v) is 28.4. The fraction of sp³-hybridized carbons (Fsp3) is 0.556. The maximum Gasteiger partial charge on any atom is 0.156 e. The van der Waals surface area contributed by atoms with Crippen LogP contribution < -0.4 is 4.90 Å². The van der Waals surface area contributed by atoms with Crippen LogP contribution in [0.2, 0.25) is 0 Å². The van der Waals surface area contributed by atoms with Gasteiger partial charge in [0, 0.05) is 71.2 Å². The largest absolute Gasteiger partial charge is 0.379 e. The number of ketones is 2. The summed E-state index contributed by atoms with van der Waals surface area (Å²) in [6, 6.07) is 27.1. The van der Waals surface area contributed by atoms with E-state index in [0.29, 0.717) is 49.4 Å². The first-order chi connectivity index (χ1) is 37.0.